The molecule has 0 saturated heterocycles. The Morgan fingerprint density at radius 2 is 1.72 bits per heavy atom. The van der Waals surface area contributed by atoms with E-state index in [-0.39, 0.29) is 0 Å². The minimum Gasteiger partial charge on any atom is -0.341 e. The van der Waals surface area contributed by atoms with Gasteiger partial charge in [0.05, 0.1) is 5.25 Å². The number of hydrogen-bond donors (Lipinski definition) is 2. The van der Waals surface area contributed by atoms with Gasteiger partial charge in [0.15, 0.2) is 11.0 Å². The largest absolute Gasteiger partial charge is 0.341 e. The number of aromatic nitrogens is 3. The van der Waals surface area contributed by atoms with Gasteiger partial charge in [-0.15, -0.1) is 10.2 Å². The van der Waals surface area contributed by atoms with Crippen molar-refractivity contribution in [2.45, 2.75) is 24.3 Å². The Bertz CT molecular complexity index is 1020. The fraction of sp³-hybridized carbons (Fsp3) is 0.200. The molecule has 9 heteroatoms. The van der Waals surface area contributed by atoms with Crippen LogP contribution in [0.5, 0.6) is 0 Å². The van der Waals surface area contributed by atoms with E-state index in [1.165, 1.54) is 18.8 Å². The maximum Gasteiger partial charge on any atom is 0.321 e. The minimum absolute atomic E-state index is 0.416. The van der Waals surface area contributed by atoms with Crippen molar-refractivity contribution in [3.8, 4) is 17.1 Å². The third-order valence-corrected chi connectivity index (χ3v) is 5.44. The van der Waals surface area contributed by atoms with E-state index in [1.54, 1.807) is 19.1 Å². The Balaban J connectivity index is 1.99. The van der Waals surface area contributed by atoms with Crippen molar-refractivity contribution >= 4 is 35.3 Å². The molecule has 150 valence electrons. The molecule has 29 heavy (non-hydrogen) atoms. The number of amides is 3. The van der Waals surface area contributed by atoms with Gasteiger partial charge in [-0.1, -0.05) is 41.1 Å². The molecule has 0 saturated carbocycles. The summed E-state index contributed by atoms with van der Waals surface area (Å²) >= 11 is 7.23. The molecule has 0 fully saturated rings. The predicted molar refractivity (Wildman–Crippen MR) is 114 cm³/mol. The summed E-state index contributed by atoms with van der Waals surface area (Å²) in [4.78, 5) is 23.7. The fourth-order valence-electron chi connectivity index (χ4n) is 2.55. The van der Waals surface area contributed by atoms with E-state index in [2.05, 4.69) is 20.8 Å². The van der Waals surface area contributed by atoms with Crippen LogP contribution in [0.2, 0.25) is 5.02 Å². The molecule has 3 rings (SSSR count). The summed E-state index contributed by atoms with van der Waals surface area (Å²) < 4.78 is 1.89. The Morgan fingerprint density at radius 1 is 1.07 bits per heavy atom. The Hall–Kier alpha value is -2.84. The van der Waals surface area contributed by atoms with Crippen LogP contribution in [0, 0.1) is 6.92 Å². The molecule has 3 amide bonds. The monoisotopic (exact) mass is 429 g/mol. The lowest BCUT2D eigenvalue weighted by molar-refractivity contribution is -0.119. The Morgan fingerprint density at radius 3 is 2.34 bits per heavy atom. The van der Waals surface area contributed by atoms with E-state index < -0.39 is 17.2 Å². The first-order valence-corrected chi connectivity index (χ1v) is 10.1. The molecule has 3 aromatic rings. The summed E-state index contributed by atoms with van der Waals surface area (Å²) in [6.45, 7) is 3.72. The van der Waals surface area contributed by atoms with Gasteiger partial charge in [-0.05, 0) is 50.2 Å². The molecule has 2 N–H and O–H groups in total. The number of urea groups is 1. The number of nitrogens with one attached hydrogen (secondary N) is 2. The van der Waals surface area contributed by atoms with Gasteiger partial charge in [-0.3, -0.25) is 14.7 Å². The predicted octanol–water partition coefficient (Wildman–Crippen LogP) is 3.83. The van der Waals surface area contributed by atoms with Crippen molar-refractivity contribution in [2.24, 2.45) is 0 Å². The highest BCUT2D eigenvalue weighted by molar-refractivity contribution is 8.00. The van der Waals surface area contributed by atoms with Gasteiger partial charge >= 0.3 is 6.03 Å². The van der Waals surface area contributed by atoms with E-state index in [9.17, 15) is 9.59 Å². The van der Waals surface area contributed by atoms with Gasteiger partial charge in [0.2, 0.25) is 5.91 Å². The van der Waals surface area contributed by atoms with E-state index in [0.29, 0.717) is 16.0 Å². The van der Waals surface area contributed by atoms with Crippen LogP contribution >= 0.6 is 23.4 Å². The molecule has 1 aromatic heterocycles. The number of imide groups is 1. The van der Waals surface area contributed by atoms with Crippen molar-refractivity contribution in [3.63, 3.8) is 0 Å². The highest BCUT2D eigenvalue weighted by Crippen LogP contribution is 2.30. The zero-order valence-corrected chi connectivity index (χ0v) is 17.7. The molecule has 0 aliphatic heterocycles. The number of carbonyl (C=O) groups is 2. The maximum atomic E-state index is 12.3. The van der Waals surface area contributed by atoms with Crippen molar-refractivity contribution in [3.05, 3.63) is 59.1 Å². The smallest absolute Gasteiger partial charge is 0.321 e. The molecule has 0 bridgehead atoms. The number of aryl methyl sites for hydroxylation is 1. The molecule has 2 aromatic carbocycles. The zero-order valence-electron chi connectivity index (χ0n) is 16.1. The summed E-state index contributed by atoms with van der Waals surface area (Å²) in [6.07, 6.45) is 0. The molecule has 0 aliphatic rings. The summed E-state index contributed by atoms with van der Waals surface area (Å²) in [7, 11) is 1.45. The number of rotatable bonds is 5. The second kappa shape index (κ2) is 9.11. The normalized spacial score (nSPS) is 11.7. The van der Waals surface area contributed by atoms with Crippen molar-refractivity contribution < 1.29 is 9.59 Å². The van der Waals surface area contributed by atoms with E-state index in [4.69, 9.17) is 11.6 Å². The third kappa shape index (κ3) is 4.96. The molecule has 1 atom stereocenters. The first-order valence-electron chi connectivity index (χ1n) is 8.86. The quantitative estimate of drug-likeness (QED) is 0.601. The van der Waals surface area contributed by atoms with E-state index in [1.807, 2.05) is 47.9 Å². The summed E-state index contributed by atoms with van der Waals surface area (Å²) in [5.74, 6) is 0.216. The van der Waals surface area contributed by atoms with Gasteiger partial charge in [-0.25, -0.2) is 4.79 Å². The standard InChI is InChI=1S/C20H20ClN5O2S/c1-12-4-10-16(11-5-12)26-17(14-6-8-15(21)9-7-14)24-25-20(26)29-13(2)18(27)23-19(28)22-3/h4-11,13H,1-3H3,(H2,22,23,27,28). The molecule has 0 radical (unpaired) electrons. The third-order valence-electron chi connectivity index (χ3n) is 4.14. The molecule has 0 aliphatic carbocycles. The highest BCUT2D eigenvalue weighted by Gasteiger charge is 2.22. The maximum absolute atomic E-state index is 12.3. The minimum atomic E-state index is -0.557. The van der Waals surface area contributed by atoms with Gasteiger partial charge in [-0.2, -0.15) is 0 Å². The van der Waals surface area contributed by atoms with Crippen LogP contribution in [0.15, 0.2) is 53.7 Å². The lowest BCUT2D eigenvalue weighted by Gasteiger charge is -2.13. The number of nitrogens with zero attached hydrogens (tertiary/aromatic N) is 3. The number of carbonyl (C=O) groups excluding carboxylic acids is 2. The van der Waals surface area contributed by atoms with Crippen molar-refractivity contribution in [2.75, 3.05) is 7.05 Å². The first kappa shape index (κ1) is 20.9. The Labute approximate surface area is 177 Å². The molecule has 1 unspecified atom stereocenters. The lowest BCUT2D eigenvalue weighted by Crippen LogP contribution is -2.41. The molecular weight excluding hydrogens is 410 g/mol. The first-order chi connectivity index (χ1) is 13.9. The van der Waals surface area contributed by atoms with Gasteiger partial charge in [0.1, 0.15) is 0 Å². The Kier molecular flexibility index (Phi) is 6.56. The summed E-state index contributed by atoms with van der Waals surface area (Å²) in [5, 5.41) is 13.9. The molecule has 1 heterocycles. The molecular formula is C20H20ClN5O2S. The van der Waals surface area contributed by atoms with Gasteiger partial charge in [0.25, 0.3) is 0 Å². The number of thioether (sulfide) groups is 1. The van der Waals surface area contributed by atoms with E-state index in [0.717, 1.165) is 16.8 Å². The van der Waals surface area contributed by atoms with Gasteiger partial charge in [0, 0.05) is 23.3 Å². The van der Waals surface area contributed by atoms with Crippen LogP contribution < -0.4 is 10.6 Å². The van der Waals surface area contributed by atoms with Gasteiger partial charge < -0.3 is 5.32 Å². The van der Waals surface area contributed by atoms with Crippen LogP contribution in [0.4, 0.5) is 4.79 Å². The number of halogens is 1. The highest BCUT2D eigenvalue weighted by atomic mass is 35.5. The van der Waals surface area contributed by atoms with E-state index >= 15 is 0 Å². The van der Waals surface area contributed by atoms with Crippen molar-refractivity contribution in [1.82, 2.24) is 25.4 Å². The second-order valence-corrected chi connectivity index (χ2v) is 8.06. The van der Waals surface area contributed by atoms with Crippen LogP contribution in [0.1, 0.15) is 12.5 Å². The topological polar surface area (TPSA) is 88.9 Å². The van der Waals surface area contributed by atoms with Crippen LogP contribution in [0.25, 0.3) is 17.1 Å². The molecule has 0 spiro atoms. The number of benzene rings is 2. The molecule has 7 nitrogen and oxygen atoms in total. The zero-order chi connectivity index (χ0) is 21.0. The lowest BCUT2D eigenvalue weighted by atomic mass is 10.2. The van der Waals surface area contributed by atoms with Crippen LogP contribution in [0.3, 0.4) is 0 Å². The summed E-state index contributed by atoms with van der Waals surface area (Å²) in [6, 6.07) is 14.7. The summed E-state index contributed by atoms with van der Waals surface area (Å²) in [5.41, 5.74) is 2.84. The SMILES string of the molecule is CNC(=O)NC(=O)C(C)Sc1nnc(-c2ccc(Cl)cc2)n1-c1ccc(C)cc1. The fourth-order valence-corrected chi connectivity index (χ4v) is 3.54. The average Bonchev–Trinajstić information content (AvgIpc) is 3.12. The average molecular weight is 430 g/mol. The number of hydrogen-bond acceptors (Lipinski definition) is 5. The van der Waals surface area contributed by atoms with Crippen LogP contribution in [-0.2, 0) is 4.79 Å². The second-order valence-electron chi connectivity index (χ2n) is 6.31. The van der Waals surface area contributed by atoms with Crippen molar-refractivity contribution in [1.29, 1.82) is 0 Å². The van der Waals surface area contributed by atoms with Crippen LogP contribution in [-0.4, -0.2) is 39.0 Å².